The lowest BCUT2D eigenvalue weighted by atomic mass is 10.2. The summed E-state index contributed by atoms with van der Waals surface area (Å²) in [6.45, 7) is 0.912. The fraction of sp³-hybridized carbons (Fsp3) is 0.400. The molecule has 2 N–H and O–H groups in total. The van der Waals surface area contributed by atoms with Crippen LogP contribution in [0, 0.1) is 0 Å². The molecule has 0 aliphatic carbocycles. The number of anilines is 1. The standard InChI is InChI=1S/C10H12ClN3O/c11-9-6-7(3-5-13-9)14-10(15)8-2-1-4-12-8/h3,5-6,8,12H,1-2,4H2,(H,13,14,15)/t8-/m1/s1. The highest BCUT2D eigenvalue weighted by Crippen LogP contribution is 2.13. The highest BCUT2D eigenvalue weighted by atomic mass is 35.5. The van der Waals surface area contributed by atoms with E-state index in [-0.39, 0.29) is 11.9 Å². The molecule has 1 aromatic rings. The topological polar surface area (TPSA) is 54.0 Å². The van der Waals surface area contributed by atoms with E-state index in [4.69, 9.17) is 11.6 Å². The summed E-state index contributed by atoms with van der Waals surface area (Å²) in [4.78, 5) is 15.5. The molecule has 0 radical (unpaired) electrons. The first kappa shape index (κ1) is 10.4. The first-order chi connectivity index (χ1) is 7.25. The molecule has 1 aliphatic heterocycles. The minimum atomic E-state index is -0.0723. The number of hydrogen-bond acceptors (Lipinski definition) is 3. The molecule has 1 amide bonds. The Morgan fingerprint density at radius 2 is 2.53 bits per heavy atom. The third-order valence-electron chi connectivity index (χ3n) is 2.37. The third kappa shape index (κ3) is 2.67. The lowest BCUT2D eigenvalue weighted by Gasteiger charge is -2.10. The van der Waals surface area contributed by atoms with Gasteiger partial charge in [-0.3, -0.25) is 4.79 Å². The maximum absolute atomic E-state index is 11.7. The number of amides is 1. The van der Waals surface area contributed by atoms with Gasteiger partial charge in [0.15, 0.2) is 0 Å². The van der Waals surface area contributed by atoms with Crippen LogP contribution in [0.1, 0.15) is 12.8 Å². The molecule has 1 aliphatic rings. The quantitative estimate of drug-likeness (QED) is 0.749. The summed E-state index contributed by atoms with van der Waals surface area (Å²) in [6.07, 6.45) is 3.51. The van der Waals surface area contributed by atoms with Gasteiger partial charge in [-0.1, -0.05) is 11.6 Å². The van der Waals surface area contributed by atoms with Crippen LogP contribution in [0.3, 0.4) is 0 Å². The number of halogens is 1. The Kier molecular flexibility index (Phi) is 3.18. The normalized spacial score (nSPS) is 20.2. The first-order valence-electron chi connectivity index (χ1n) is 4.91. The number of rotatable bonds is 2. The molecule has 1 fully saturated rings. The van der Waals surface area contributed by atoms with Crippen molar-refractivity contribution in [3.05, 3.63) is 23.5 Å². The second-order valence-corrected chi connectivity index (χ2v) is 3.89. The number of carbonyl (C=O) groups is 1. The van der Waals surface area contributed by atoms with Crippen LogP contribution in [0.5, 0.6) is 0 Å². The number of aromatic nitrogens is 1. The van der Waals surface area contributed by atoms with Crippen molar-refractivity contribution in [2.45, 2.75) is 18.9 Å². The van der Waals surface area contributed by atoms with E-state index in [1.54, 1.807) is 18.3 Å². The minimum absolute atomic E-state index is 0.00485. The lowest BCUT2D eigenvalue weighted by Crippen LogP contribution is -2.35. The molecule has 1 atom stereocenters. The van der Waals surface area contributed by atoms with Gasteiger partial charge in [-0.15, -0.1) is 0 Å². The van der Waals surface area contributed by atoms with Crippen LogP contribution in [0.25, 0.3) is 0 Å². The molecule has 0 unspecified atom stereocenters. The smallest absolute Gasteiger partial charge is 0.241 e. The summed E-state index contributed by atoms with van der Waals surface area (Å²) in [5, 5.41) is 6.31. The Morgan fingerprint density at radius 3 is 3.20 bits per heavy atom. The summed E-state index contributed by atoms with van der Waals surface area (Å²) in [5.74, 6) is -0.00485. The van der Waals surface area contributed by atoms with Gasteiger partial charge < -0.3 is 10.6 Å². The molecule has 15 heavy (non-hydrogen) atoms. The fourth-order valence-electron chi connectivity index (χ4n) is 1.62. The Balaban J connectivity index is 1.99. The zero-order valence-electron chi connectivity index (χ0n) is 8.16. The maximum Gasteiger partial charge on any atom is 0.241 e. The Bertz CT molecular complexity index is 363. The molecule has 0 saturated carbocycles. The van der Waals surface area contributed by atoms with Gasteiger partial charge >= 0.3 is 0 Å². The zero-order valence-corrected chi connectivity index (χ0v) is 8.92. The van der Waals surface area contributed by atoms with E-state index >= 15 is 0 Å². The van der Waals surface area contributed by atoms with Gasteiger partial charge in [-0.25, -0.2) is 4.98 Å². The van der Waals surface area contributed by atoms with Gasteiger partial charge in [0.2, 0.25) is 5.91 Å². The van der Waals surface area contributed by atoms with E-state index in [1.165, 1.54) is 0 Å². The summed E-state index contributed by atoms with van der Waals surface area (Å²) < 4.78 is 0. The van der Waals surface area contributed by atoms with Crippen LogP contribution in [-0.2, 0) is 4.79 Å². The van der Waals surface area contributed by atoms with Crippen LogP contribution >= 0.6 is 11.6 Å². The van der Waals surface area contributed by atoms with Gasteiger partial charge in [-0.2, -0.15) is 0 Å². The first-order valence-corrected chi connectivity index (χ1v) is 5.29. The predicted molar refractivity (Wildman–Crippen MR) is 58.9 cm³/mol. The van der Waals surface area contributed by atoms with Crippen LogP contribution in [0.4, 0.5) is 5.69 Å². The summed E-state index contributed by atoms with van der Waals surface area (Å²) in [6, 6.07) is 3.28. The Labute approximate surface area is 93.0 Å². The van der Waals surface area contributed by atoms with Crippen molar-refractivity contribution < 1.29 is 4.79 Å². The van der Waals surface area contributed by atoms with Crippen molar-refractivity contribution in [3.8, 4) is 0 Å². The van der Waals surface area contributed by atoms with Crippen molar-refractivity contribution in [3.63, 3.8) is 0 Å². The van der Waals surface area contributed by atoms with E-state index in [2.05, 4.69) is 15.6 Å². The average Bonchev–Trinajstić information content (AvgIpc) is 2.70. The van der Waals surface area contributed by atoms with Gasteiger partial charge in [0.1, 0.15) is 5.15 Å². The second-order valence-electron chi connectivity index (χ2n) is 3.51. The molecule has 80 valence electrons. The Hall–Kier alpha value is -1.13. The predicted octanol–water partition coefficient (Wildman–Crippen LogP) is 1.43. The molecule has 4 nitrogen and oxygen atoms in total. The SMILES string of the molecule is O=C(Nc1ccnc(Cl)c1)[C@H]1CCCN1. The summed E-state index contributed by atoms with van der Waals surface area (Å²) in [5.41, 5.74) is 0.689. The average molecular weight is 226 g/mol. The molecular formula is C10H12ClN3O. The fourth-order valence-corrected chi connectivity index (χ4v) is 1.79. The molecule has 2 rings (SSSR count). The number of nitrogens with one attached hydrogen (secondary N) is 2. The molecular weight excluding hydrogens is 214 g/mol. The van der Waals surface area contributed by atoms with Crippen molar-refractivity contribution >= 4 is 23.2 Å². The highest BCUT2D eigenvalue weighted by molar-refractivity contribution is 6.29. The highest BCUT2D eigenvalue weighted by Gasteiger charge is 2.21. The number of carbonyl (C=O) groups excluding carboxylic acids is 1. The van der Waals surface area contributed by atoms with E-state index in [9.17, 15) is 4.79 Å². The van der Waals surface area contributed by atoms with Crippen LogP contribution in [0.2, 0.25) is 5.15 Å². The number of hydrogen-bond donors (Lipinski definition) is 2. The molecule has 2 heterocycles. The van der Waals surface area contributed by atoms with Gasteiger partial charge in [0, 0.05) is 11.9 Å². The van der Waals surface area contributed by atoms with Gasteiger partial charge in [-0.05, 0) is 31.5 Å². The lowest BCUT2D eigenvalue weighted by molar-refractivity contribution is -0.117. The van der Waals surface area contributed by atoms with Crippen molar-refractivity contribution in [1.82, 2.24) is 10.3 Å². The molecule has 0 aromatic carbocycles. The van der Waals surface area contributed by atoms with Gasteiger partial charge in [0.05, 0.1) is 6.04 Å². The third-order valence-corrected chi connectivity index (χ3v) is 2.58. The molecule has 1 saturated heterocycles. The van der Waals surface area contributed by atoms with Gasteiger partial charge in [0.25, 0.3) is 0 Å². The van der Waals surface area contributed by atoms with E-state index in [0.717, 1.165) is 19.4 Å². The molecule has 1 aromatic heterocycles. The maximum atomic E-state index is 11.7. The zero-order chi connectivity index (χ0) is 10.7. The Morgan fingerprint density at radius 1 is 1.67 bits per heavy atom. The minimum Gasteiger partial charge on any atom is -0.325 e. The van der Waals surface area contributed by atoms with Crippen molar-refractivity contribution in [2.24, 2.45) is 0 Å². The molecule has 5 heteroatoms. The second kappa shape index (κ2) is 4.59. The number of pyridine rings is 1. The largest absolute Gasteiger partial charge is 0.325 e. The molecule has 0 bridgehead atoms. The molecule has 0 spiro atoms. The van der Waals surface area contributed by atoms with Crippen LogP contribution in [0.15, 0.2) is 18.3 Å². The van der Waals surface area contributed by atoms with E-state index < -0.39 is 0 Å². The van der Waals surface area contributed by atoms with Crippen molar-refractivity contribution in [2.75, 3.05) is 11.9 Å². The van der Waals surface area contributed by atoms with E-state index in [0.29, 0.717) is 10.8 Å². The number of nitrogens with zero attached hydrogens (tertiary/aromatic N) is 1. The summed E-state index contributed by atoms with van der Waals surface area (Å²) >= 11 is 5.71. The van der Waals surface area contributed by atoms with E-state index in [1.807, 2.05) is 0 Å². The summed E-state index contributed by atoms with van der Waals surface area (Å²) in [7, 11) is 0. The van der Waals surface area contributed by atoms with Crippen LogP contribution < -0.4 is 10.6 Å². The van der Waals surface area contributed by atoms with Crippen LogP contribution in [-0.4, -0.2) is 23.5 Å². The monoisotopic (exact) mass is 225 g/mol. The van der Waals surface area contributed by atoms with Crippen molar-refractivity contribution in [1.29, 1.82) is 0 Å².